The van der Waals surface area contributed by atoms with E-state index >= 15 is 0 Å². The van der Waals surface area contributed by atoms with Gasteiger partial charge in [-0.1, -0.05) is 18.2 Å². The summed E-state index contributed by atoms with van der Waals surface area (Å²) in [6.45, 7) is 2.67. The molecule has 3 aromatic rings. The molecule has 1 aromatic carbocycles. The van der Waals surface area contributed by atoms with Crippen molar-refractivity contribution >= 4 is 16.7 Å². The van der Waals surface area contributed by atoms with Crippen molar-refractivity contribution in [2.24, 2.45) is 7.05 Å². The van der Waals surface area contributed by atoms with Crippen LogP contribution in [0.25, 0.3) is 10.8 Å². The van der Waals surface area contributed by atoms with Crippen LogP contribution >= 0.6 is 0 Å². The molecule has 0 saturated heterocycles. The lowest BCUT2D eigenvalue weighted by molar-refractivity contribution is 0.0922. The monoisotopic (exact) mass is 337 g/mol. The van der Waals surface area contributed by atoms with Gasteiger partial charge < -0.3 is 9.88 Å². The van der Waals surface area contributed by atoms with Gasteiger partial charge in [0.15, 0.2) is 5.69 Å². The van der Waals surface area contributed by atoms with E-state index in [1.54, 1.807) is 31.3 Å². The first kappa shape index (κ1) is 15.6. The summed E-state index contributed by atoms with van der Waals surface area (Å²) >= 11 is 0. The second-order valence-corrected chi connectivity index (χ2v) is 6.48. The van der Waals surface area contributed by atoms with Crippen molar-refractivity contribution in [2.45, 2.75) is 32.4 Å². The number of benzene rings is 1. The van der Waals surface area contributed by atoms with Gasteiger partial charge in [0.25, 0.3) is 11.5 Å². The van der Waals surface area contributed by atoms with Crippen LogP contribution in [0, 0.1) is 6.92 Å². The fraction of sp³-hybridized carbons (Fsp3) is 0.333. The van der Waals surface area contributed by atoms with Gasteiger partial charge >= 0.3 is 0 Å². The number of aromatic nitrogens is 4. The lowest BCUT2D eigenvalue weighted by Gasteiger charge is -2.24. The molecule has 7 nitrogen and oxygen atoms in total. The van der Waals surface area contributed by atoms with Crippen molar-refractivity contribution in [3.05, 3.63) is 58.0 Å². The Labute approximate surface area is 144 Å². The molecule has 0 fully saturated rings. The van der Waals surface area contributed by atoms with Crippen LogP contribution in [0.3, 0.4) is 0 Å². The molecule has 0 spiro atoms. The number of carbonyl (C=O) groups is 1. The standard InChI is InChI=1S/C18H19N5O2/c1-11-9-23-10-12(7-8-15(23)19-11)20-17(24)16-13-5-3-4-6-14(13)18(25)22(2)21-16/h3-6,9,12H,7-8,10H2,1-2H3,(H,20,24)/t12-/m0/s1. The molecule has 2 aromatic heterocycles. The summed E-state index contributed by atoms with van der Waals surface area (Å²) in [5, 5.41) is 8.33. The highest BCUT2D eigenvalue weighted by Gasteiger charge is 2.23. The summed E-state index contributed by atoms with van der Waals surface area (Å²) in [6, 6.07) is 7.09. The summed E-state index contributed by atoms with van der Waals surface area (Å²) < 4.78 is 3.31. The van der Waals surface area contributed by atoms with Crippen molar-refractivity contribution in [1.82, 2.24) is 24.6 Å². The Bertz CT molecular complexity index is 1030. The molecule has 1 amide bonds. The zero-order valence-electron chi connectivity index (χ0n) is 14.2. The van der Waals surface area contributed by atoms with Crippen molar-refractivity contribution in [1.29, 1.82) is 0 Å². The number of amides is 1. The Kier molecular flexibility index (Phi) is 3.63. The van der Waals surface area contributed by atoms with Crippen LogP contribution in [0.5, 0.6) is 0 Å². The third-order valence-corrected chi connectivity index (χ3v) is 4.62. The second-order valence-electron chi connectivity index (χ2n) is 6.48. The molecule has 7 heteroatoms. The molecule has 0 saturated carbocycles. The number of hydrogen-bond donors (Lipinski definition) is 1. The predicted molar refractivity (Wildman–Crippen MR) is 93.5 cm³/mol. The number of nitrogens with zero attached hydrogens (tertiary/aromatic N) is 4. The van der Waals surface area contributed by atoms with Gasteiger partial charge in [0, 0.05) is 37.6 Å². The van der Waals surface area contributed by atoms with Gasteiger partial charge in [-0.3, -0.25) is 9.59 Å². The van der Waals surface area contributed by atoms with E-state index in [0.717, 1.165) is 24.4 Å². The van der Waals surface area contributed by atoms with Crippen molar-refractivity contribution in [3.8, 4) is 0 Å². The highest BCUT2D eigenvalue weighted by Crippen LogP contribution is 2.17. The highest BCUT2D eigenvalue weighted by molar-refractivity contribution is 6.04. The van der Waals surface area contributed by atoms with Crippen molar-refractivity contribution in [2.75, 3.05) is 0 Å². The van der Waals surface area contributed by atoms with Gasteiger partial charge in [0.2, 0.25) is 0 Å². The molecule has 0 bridgehead atoms. The molecule has 128 valence electrons. The summed E-state index contributed by atoms with van der Waals surface area (Å²) in [7, 11) is 1.56. The fourth-order valence-electron chi connectivity index (χ4n) is 3.43. The van der Waals surface area contributed by atoms with Gasteiger partial charge in [-0.15, -0.1) is 0 Å². The maximum absolute atomic E-state index is 12.8. The van der Waals surface area contributed by atoms with Crippen LogP contribution in [0.15, 0.2) is 35.3 Å². The Hall–Kier alpha value is -2.96. The third-order valence-electron chi connectivity index (χ3n) is 4.62. The fourth-order valence-corrected chi connectivity index (χ4v) is 3.43. The molecule has 3 heterocycles. The van der Waals surface area contributed by atoms with E-state index in [1.165, 1.54) is 4.68 Å². The molecular formula is C18H19N5O2. The van der Waals surface area contributed by atoms with E-state index in [1.807, 2.05) is 13.1 Å². The van der Waals surface area contributed by atoms with Crippen LogP contribution in [0.1, 0.15) is 28.4 Å². The molecule has 1 atom stereocenters. The van der Waals surface area contributed by atoms with E-state index in [-0.39, 0.29) is 23.2 Å². The van der Waals surface area contributed by atoms with Gasteiger partial charge in [-0.25, -0.2) is 9.67 Å². The lowest BCUT2D eigenvalue weighted by Crippen LogP contribution is -2.41. The number of carbonyl (C=O) groups excluding carboxylic acids is 1. The Morgan fingerprint density at radius 3 is 2.84 bits per heavy atom. The second kappa shape index (κ2) is 5.84. The molecule has 25 heavy (non-hydrogen) atoms. The average Bonchev–Trinajstić information content (AvgIpc) is 2.97. The molecule has 1 N–H and O–H groups in total. The molecule has 1 aliphatic heterocycles. The minimum absolute atomic E-state index is 0.0198. The number of aryl methyl sites for hydroxylation is 3. The SMILES string of the molecule is Cc1cn2c(n1)CC[C@H](NC(=O)c1nn(C)c(=O)c3ccccc13)C2. The molecule has 4 rings (SSSR count). The van der Waals surface area contributed by atoms with Crippen molar-refractivity contribution < 1.29 is 4.79 Å². The van der Waals surface area contributed by atoms with E-state index in [9.17, 15) is 9.59 Å². The summed E-state index contributed by atoms with van der Waals surface area (Å²) in [5.74, 6) is 0.811. The van der Waals surface area contributed by atoms with Crippen LogP contribution in [-0.2, 0) is 20.0 Å². The summed E-state index contributed by atoms with van der Waals surface area (Å²) in [5.41, 5.74) is 1.07. The first-order valence-electron chi connectivity index (χ1n) is 8.32. The number of hydrogen-bond acceptors (Lipinski definition) is 4. The smallest absolute Gasteiger partial charge is 0.274 e. The predicted octanol–water partition coefficient (Wildman–Crippen LogP) is 1.18. The van der Waals surface area contributed by atoms with Gasteiger partial charge in [-0.2, -0.15) is 5.10 Å². The van der Waals surface area contributed by atoms with Crippen LogP contribution in [0.2, 0.25) is 0 Å². The maximum atomic E-state index is 12.8. The van der Waals surface area contributed by atoms with Crippen LogP contribution < -0.4 is 10.9 Å². The van der Waals surface area contributed by atoms with Crippen molar-refractivity contribution in [3.63, 3.8) is 0 Å². The zero-order valence-corrected chi connectivity index (χ0v) is 14.2. The Morgan fingerprint density at radius 2 is 2.04 bits per heavy atom. The highest BCUT2D eigenvalue weighted by atomic mass is 16.2. The van der Waals surface area contributed by atoms with E-state index in [4.69, 9.17) is 0 Å². The first-order valence-corrected chi connectivity index (χ1v) is 8.32. The van der Waals surface area contributed by atoms with E-state index in [2.05, 4.69) is 20.0 Å². The summed E-state index contributed by atoms with van der Waals surface area (Å²) in [4.78, 5) is 29.5. The van der Waals surface area contributed by atoms with E-state index in [0.29, 0.717) is 17.3 Å². The molecular weight excluding hydrogens is 318 g/mol. The van der Waals surface area contributed by atoms with Gasteiger partial charge in [0.05, 0.1) is 11.1 Å². The number of rotatable bonds is 2. The quantitative estimate of drug-likeness (QED) is 0.761. The van der Waals surface area contributed by atoms with Gasteiger partial charge in [-0.05, 0) is 19.4 Å². The lowest BCUT2D eigenvalue weighted by atomic mass is 10.1. The van der Waals surface area contributed by atoms with Crippen LogP contribution in [-0.4, -0.2) is 31.3 Å². The minimum atomic E-state index is -0.253. The normalized spacial score (nSPS) is 16.6. The Morgan fingerprint density at radius 1 is 1.28 bits per heavy atom. The Balaban J connectivity index is 1.63. The summed E-state index contributed by atoms with van der Waals surface area (Å²) in [6.07, 6.45) is 3.68. The number of nitrogens with one attached hydrogen (secondary N) is 1. The average molecular weight is 337 g/mol. The first-order chi connectivity index (χ1) is 12.0. The van der Waals surface area contributed by atoms with E-state index < -0.39 is 0 Å². The largest absolute Gasteiger partial charge is 0.346 e. The molecule has 1 aliphatic rings. The topological polar surface area (TPSA) is 81.8 Å². The van der Waals surface area contributed by atoms with Crippen LogP contribution in [0.4, 0.5) is 0 Å². The molecule has 0 aliphatic carbocycles. The number of fused-ring (bicyclic) bond motifs is 2. The maximum Gasteiger partial charge on any atom is 0.274 e. The molecule has 0 unspecified atom stereocenters. The number of imidazole rings is 1. The molecule has 0 radical (unpaired) electrons. The minimum Gasteiger partial charge on any atom is -0.346 e. The van der Waals surface area contributed by atoms with Gasteiger partial charge in [0.1, 0.15) is 5.82 Å². The third kappa shape index (κ3) is 2.71. The zero-order chi connectivity index (χ0) is 17.6.